The Morgan fingerprint density at radius 3 is 2.71 bits per heavy atom. The van der Waals surface area contributed by atoms with E-state index in [1.54, 1.807) is 12.4 Å². The van der Waals surface area contributed by atoms with Crippen LogP contribution in [0.1, 0.15) is 43.4 Å². The molecule has 0 aliphatic carbocycles. The molecule has 0 saturated carbocycles. The Hall–Kier alpha value is -1.67. The quantitative estimate of drug-likeness (QED) is 0.678. The average Bonchev–Trinajstić information content (AvgIpc) is 2.53. The third kappa shape index (κ3) is 4.98. The minimum Gasteiger partial charge on any atom is -0.265 e. The summed E-state index contributed by atoms with van der Waals surface area (Å²) in [6, 6.07) is 6.06. The highest BCUT2D eigenvalue weighted by Crippen LogP contribution is 2.20. The Morgan fingerprint density at radius 1 is 1.24 bits per heavy atom. The third-order valence-electron chi connectivity index (χ3n) is 3.71. The Kier molecular flexibility index (Phi) is 5.94. The summed E-state index contributed by atoms with van der Waals surface area (Å²) >= 11 is 6.18. The molecule has 2 aromatic rings. The second kappa shape index (κ2) is 7.94. The molecule has 1 atom stereocenters. The van der Waals surface area contributed by atoms with Crippen LogP contribution in [0, 0.1) is 5.92 Å². The minimum absolute atomic E-state index is 0.549. The second-order valence-electron chi connectivity index (χ2n) is 5.39. The van der Waals surface area contributed by atoms with Gasteiger partial charge in [-0.2, -0.15) is 0 Å². The Balaban J connectivity index is 2.10. The van der Waals surface area contributed by atoms with E-state index in [4.69, 9.17) is 11.6 Å². The molecule has 0 fully saturated rings. The standard InChI is InChI=1S/C18H21ClN2/c1-3-14(2)4-5-16-12-17(18(19)21-13-16)7-6-15-8-10-20-11-9-15/h6-14H,3-5H2,1-2H3/b7-6+/t14-/m0/s1. The van der Waals surface area contributed by atoms with Crippen LogP contribution >= 0.6 is 11.6 Å². The number of rotatable bonds is 6. The van der Waals surface area contributed by atoms with Crippen molar-refractivity contribution in [1.82, 2.24) is 9.97 Å². The summed E-state index contributed by atoms with van der Waals surface area (Å²) in [4.78, 5) is 8.31. The first kappa shape index (κ1) is 15.7. The lowest BCUT2D eigenvalue weighted by Crippen LogP contribution is -1.96. The topological polar surface area (TPSA) is 25.8 Å². The van der Waals surface area contributed by atoms with Gasteiger partial charge in [0.2, 0.25) is 0 Å². The molecule has 0 unspecified atom stereocenters. The molecular formula is C18H21ClN2. The fraction of sp³-hybridized carbons (Fsp3) is 0.333. The van der Waals surface area contributed by atoms with Crippen LogP contribution in [0.4, 0.5) is 0 Å². The molecule has 0 amide bonds. The van der Waals surface area contributed by atoms with Gasteiger partial charge < -0.3 is 0 Å². The molecule has 2 aromatic heterocycles. The van der Waals surface area contributed by atoms with Gasteiger partial charge in [-0.05, 0) is 48.1 Å². The van der Waals surface area contributed by atoms with Crippen molar-refractivity contribution in [1.29, 1.82) is 0 Å². The molecule has 110 valence electrons. The van der Waals surface area contributed by atoms with Crippen LogP contribution in [0.3, 0.4) is 0 Å². The summed E-state index contributed by atoms with van der Waals surface area (Å²) in [5, 5.41) is 0.549. The highest BCUT2D eigenvalue weighted by molar-refractivity contribution is 6.30. The number of nitrogens with zero attached hydrogens (tertiary/aromatic N) is 2. The van der Waals surface area contributed by atoms with Crippen LogP contribution in [0.5, 0.6) is 0 Å². The van der Waals surface area contributed by atoms with Gasteiger partial charge in [0.1, 0.15) is 5.15 Å². The van der Waals surface area contributed by atoms with Crippen LogP contribution in [0.25, 0.3) is 12.2 Å². The normalized spacial score (nSPS) is 12.7. The van der Waals surface area contributed by atoms with Crippen molar-refractivity contribution in [3.8, 4) is 0 Å². The van der Waals surface area contributed by atoms with E-state index in [2.05, 4.69) is 29.9 Å². The van der Waals surface area contributed by atoms with Gasteiger partial charge in [-0.3, -0.25) is 4.98 Å². The van der Waals surface area contributed by atoms with E-state index in [0.29, 0.717) is 5.15 Å². The van der Waals surface area contributed by atoms with Crippen LogP contribution in [-0.2, 0) is 6.42 Å². The van der Waals surface area contributed by atoms with E-state index in [0.717, 1.165) is 23.5 Å². The molecule has 0 saturated heterocycles. The highest BCUT2D eigenvalue weighted by Gasteiger charge is 2.04. The van der Waals surface area contributed by atoms with Crippen molar-refractivity contribution in [2.75, 3.05) is 0 Å². The second-order valence-corrected chi connectivity index (χ2v) is 5.75. The molecule has 2 rings (SSSR count). The number of halogens is 1. The Bertz CT molecular complexity index is 593. The molecule has 3 heteroatoms. The number of aromatic nitrogens is 2. The van der Waals surface area contributed by atoms with Gasteiger partial charge in [0.25, 0.3) is 0 Å². The van der Waals surface area contributed by atoms with E-state index in [1.165, 1.54) is 18.4 Å². The van der Waals surface area contributed by atoms with Gasteiger partial charge in [0.05, 0.1) is 0 Å². The Labute approximate surface area is 131 Å². The van der Waals surface area contributed by atoms with Crippen molar-refractivity contribution in [3.05, 3.63) is 58.6 Å². The number of hydrogen-bond donors (Lipinski definition) is 0. The lowest BCUT2D eigenvalue weighted by atomic mass is 9.99. The maximum atomic E-state index is 6.18. The number of hydrogen-bond acceptors (Lipinski definition) is 2. The zero-order chi connectivity index (χ0) is 15.1. The van der Waals surface area contributed by atoms with Gasteiger partial charge >= 0.3 is 0 Å². The molecule has 0 aliphatic rings. The summed E-state index contributed by atoms with van der Waals surface area (Å²) in [5.41, 5.74) is 3.32. The fourth-order valence-electron chi connectivity index (χ4n) is 2.04. The lowest BCUT2D eigenvalue weighted by molar-refractivity contribution is 0.516. The molecule has 0 N–H and O–H groups in total. The van der Waals surface area contributed by atoms with E-state index < -0.39 is 0 Å². The molecule has 0 aliphatic heterocycles. The van der Waals surface area contributed by atoms with E-state index in [1.807, 2.05) is 30.5 Å². The average molecular weight is 301 g/mol. The molecule has 0 radical (unpaired) electrons. The van der Waals surface area contributed by atoms with Gasteiger partial charge in [-0.25, -0.2) is 4.98 Å². The summed E-state index contributed by atoms with van der Waals surface area (Å²) < 4.78 is 0. The zero-order valence-electron chi connectivity index (χ0n) is 12.6. The first-order chi connectivity index (χ1) is 10.2. The first-order valence-corrected chi connectivity index (χ1v) is 7.79. The van der Waals surface area contributed by atoms with Gasteiger partial charge in [-0.1, -0.05) is 44.0 Å². The van der Waals surface area contributed by atoms with Gasteiger partial charge in [0, 0.05) is 24.2 Å². The highest BCUT2D eigenvalue weighted by atomic mass is 35.5. The third-order valence-corrected chi connectivity index (χ3v) is 4.02. The largest absolute Gasteiger partial charge is 0.265 e. The van der Waals surface area contributed by atoms with Gasteiger partial charge in [0.15, 0.2) is 0 Å². The Morgan fingerprint density at radius 2 is 2.00 bits per heavy atom. The van der Waals surface area contributed by atoms with Crippen molar-refractivity contribution >= 4 is 23.8 Å². The smallest absolute Gasteiger partial charge is 0.136 e. The predicted molar refractivity (Wildman–Crippen MR) is 90.2 cm³/mol. The van der Waals surface area contributed by atoms with Crippen LogP contribution < -0.4 is 0 Å². The number of aryl methyl sites for hydroxylation is 1. The van der Waals surface area contributed by atoms with E-state index >= 15 is 0 Å². The molecule has 21 heavy (non-hydrogen) atoms. The van der Waals surface area contributed by atoms with Crippen LogP contribution in [0.2, 0.25) is 5.15 Å². The predicted octanol–water partition coefficient (Wildman–Crippen LogP) is 5.28. The lowest BCUT2D eigenvalue weighted by Gasteiger charge is -2.08. The summed E-state index contributed by atoms with van der Waals surface area (Å²) in [5.74, 6) is 0.747. The summed E-state index contributed by atoms with van der Waals surface area (Å²) in [6.45, 7) is 4.52. The fourth-order valence-corrected chi connectivity index (χ4v) is 2.21. The summed E-state index contributed by atoms with van der Waals surface area (Å²) in [6.07, 6.45) is 12.9. The monoisotopic (exact) mass is 300 g/mol. The number of pyridine rings is 2. The van der Waals surface area contributed by atoms with Crippen LogP contribution in [-0.4, -0.2) is 9.97 Å². The summed E-state index contributed by atoms with van der Waals surface area (Å²) in [7, 11) is 0. The molecular weight excluding hydrogens is 280 g/mol. The molecule has 0 spiro atoms. The SMILES string of the molecule is CC[C@H](C)CCc1cnc(Cl)c(/C=C/c2ccncc2)c1. The molecule has 2 nitrogen and oxygen atoms in total. The maximum Gasteiger partial charge on any atom is 0.136 e. The van der Waals surface area contributed by atoms with E-state index in [-0.39, 0.29) is 0 Å². The van der Waals surface area contributed by atoms with Gasteiger partial charge in [-0.15, -0.1) is 0 Å². The zero-order valence-corrected chi connectivity index (χ0v) is 13.3. The van der Waals surface area contributed by atoms with Crippen molar-refractivity contribution < 1.29 is 0 Å². The van der Waals surface area contributed by atoms with Crippen molar-refractivity contribution in [2.45, 2.75) is 33.1 Å². The molecule has 0 aromatic carbocycles. The molecule has 2 heterocycles. The van der Waals surface area contributed by atoms with Crippen molar-refractivity contribution in [3.63, 3.8) is 0 Å². The van der Waals surface area contributed by atoms with Crippen LogP contribution in [0.15, 0.2) is 36.8 Å². The maximum absolute atomic E-state index is 6.18. The molecule has 0 bridgehead atoms. The van der Waals surface area contributed by atoms with E-state index in [9.17, 15) is 0 Å². The minimum atomic E-state index is 0.549. The first-order valence-electron chi connectivity index (χ1n) is 7.41. The van der Waals surface area contributed by atoms with Crippen molar-refractivity contribution in [2.24, 2.45) is 5.92 Å².